The van der Waals surface area contributed by atoms with Crippen molar-refractivity contribution in [3.63, 3.8) is 0 Å². The number of thiazole rings is 1. The van der Waals surface area contributed by atoms with E-state index in [2.05, 4.69) is 20.5 Å². The van der Waals surface area contributed by atoms with Crippen LogP contribution in [0.4, 0.5) is 10.5 Å². The zero-order valence-electron chi connectivity index (χ0n) is 15.2. The molecule has 0 spiro atoms. The molecule has 4 rings (SSSR count). The number of carbonyl (C=O) groups is 1. The summed E-state index contributed by atoms with van der Waals surface area (Å²) in [5.74, 6) is 0. The fourth-order valence-corrected chi connectivity index (χ4v) is 4.54. The average molecular weight is 418 g/mol. The third kappa shape index (κ3) is 3.78. The number of nitrogens with one attached hydrogen (secondary N) is 2. The Morgan fingerprint density at radius 2 is 2.04 bits per heavy atom. The van der Waals surface area contributed by atoms with E-state index in [1.165, 1.54) is 17.6 Å². The molecule has 0 unspecified atom stereocenters. The molecule has 2 aromatic heterocycles. The molecule has 28 heavy (non-hydrogen) atoms. The molecule has 2 amide bonds. The number of aromatic nitrogens is 3. The first-order valence-corrected chi connectivity index (χ1v) is 11.5. The summed E-state index contributed by atoms with van der Waals surface area (Å²) >= 11 is 1.46. The fraction of sp³-hybridized carbons (Fsp3) is 0.278. The molecule has 146 valence electrons. The van der Waals surface area contributed by atoms with Gasteiger partial charge in [-0.15, -0.1) is 11.3 Å². The number of urea groups is 1. The van der Waals surface area contributed by atoms with E-state index in [9.17, 15) is 13.2 Å². The van der Waals surface area contributed by atoms with Crippen molar-refractivity contribution in [3.05, 3.63) is 47.1 Å². The van der Waals surface area contributed by atoms with Gasteiger partial charge in [0.1, 0.15) is 10.7 Å². The third-order valence-corrected chi connectivity index (χ3v) is 6.62. The highest BCUT2D eigenvalue weighted by molar-refractivity contribution is 7.90. The van der Waals surface area contributed by atoms with Gasteiger partial charge in [0.05, 0.1) is 16.8 Å². The molecule has 0 aliphatic carbocycles. The van der Waals surface area contributed by atoms with Gasteiger partial charge in [0, 0.05) is 30.9 Å². The molecule has 0 saturated carbocycles. The second-order valence-corrected chi connectivity index (χ2v) is 9.53. The highest BCUT2D eigenvalue weighted by Gasteiger charge is 2.21. The maximum absolute atomic E-state index is 12.8. The van der Waals surface area contributed by atoms with Crippen LogP contribution in [0.15, 0.2) is 40.9 Å². The molecule has 3 aromatic rings. The minimum absolute atomic E-state index is 0.213. The molecule has 0 saturated heterocycles. The van der Waals surface area contributed by atoms with E-state index in [0.29, 0.717) is 42.2 Å². The molecule has 0 atom stereocenters. The molecule has 10 heteroatoms. The van der Waals surface area contributed by atoms with Gasteiger partial charge in [0.15, 0.2) is 9.84 Å². The van der Waals surface area contributed by atoms with Gasteiger partial charge in [-0.1, -0.05) is 6.07 Å². The number of rotatable bonds is 3. The van der Waals surface area contributed by atoms with E-state index in [-0.39, 0.29) is 6.03 Å². The Kier molecular flexibility index (Phi) is 4.90. The van der Waals surface area contributed by atoms with Gasteiger partial charge in [0.2, 0.25) is 0 Å². The van der Waals surface area contributed by atoms with Crippen LogP contribution >= 0.6 is 11.3 Å². The van der Waals surface area contributed by atoms with Crippen LogP contribution in [0.25, 0.3) is 10.7 Å². The largest absolute Gasteiger partial charge is 0.324 e. The molecular formula is C18H19N5O3S2. The van der Waals surface area contributed by atoms with Crippen molar-refractivity contribution in [1.82, 2.24) is 20.1 Å². The Balaban J connectivity index is 1.48. The number of benzene rings is 1. The van der Waals surface area contributed by atoms with Gasteiger partial charge >= 0.3 is 6.03 Å². The molecule has 0 fully saturated rings. The second-order valence-electron chi connectivity index (χ2n) is 6.62. The van der Waals surface area contributed by atoms with E-state index < -0.39 is 9.84 Å². The van der Waals surface area contributed by atoms with Crippen LogP contribution in [0.2, 0.25) is 0 Å². The summed E-state index contributed by atoms with van der Waals surface area (Å²) in [6.45, 7) is 1.07. The Labute approximate surface area is 166 Å². The number of sulfone groups is 1. The Hall–Kier alpha value is -2.72. The number of H-pyrrole nitrogens is 1. The fourth-order valence-electron chi connectivity index (χ4n) is 3.22. The first-order chi connectivity index (χ1) is 13.4. The number of nitrogens with zero attached hydrogens (tertiary/aromatic N) is 3. The van der Waals surface area contributed by atoms with Crippen molar-refractivity contribution >= 4 is 32.9 Å². The zero-order valence-corrected chi connectivity index (χ0v) is 16.8. The molecular weight excluding hydrogens is 398 g/mol. The van der Waals surface area contributed by atoms with Gasteiger partial charge in [-0.25, -0.2) is 18.2 Å². The van der Waals surface area contributed by atoms with E-state index in [0.717, 1.165) is 16.1 Å². The van der Waals surface area contributed by atoms with Crippen molar-refractivity contribution < 1.29 is 13.2 Å². The molecule has 0 radical (unpaired) electrons. The van der Waals surface area contributed by atoms with Crippen LogP contribution in [-0.4, -0.2) is 53.9 Å². The monoisotopic (exact) mass is 417 g/mol. The molecule has 1 aliphatic rings. The lowest BCUT2D eigenvalue weighted by Gasteiger charge is -2.20. The average Bonchev–Trinajstić information content (AvgIpc) is 3.28. The molecule has 2 N–H and O–H groups in total. The van der Waals surface area contributed by atoms with Crippen LogP contribution in [0.5, 0.6) is 0 Å². The third-order valence-electron chi connectivity index (χ3n) is 4.72. The quantitative estimate of drug-likeness (QED) is 0.681. The number of amides is 2. The van der Waals surface area contributed by atoms with E-state index >= 15 is 0 Å². The Morgan fingerprint density at radius 1 is 1.25 bits per heavy atom. The van der Waals surface area contributed by atoms with E-state index in [4.69, 9.17) is 0 Å². The predicted molar refractivity (Wildman–Crippen MR) is 107 cm³/mol. The van der Waals surface area contributed by atoms with Crippen molar-refractivity contribution in [1.29, 1.82) is 0 Å². The Morgan fingerprint density at radius 3 is 2.75 bits per heavy atom. The minimum Gasteiger partial charge on any atom is -0.324 e. The van der Waals surface area contributed by atoms with Crippen LogP contribution in [-0.2, 0) is 22.7 Å². The lowest BCUT2D eigenvalue weighted by molar-refractivity contribution is 0.214. The number of aromatic amines is 1. The maximum Gasteiger partial charge on any atom is 0.321 e. The second kappa shape index (κ2) is 7.36. The highest BCUT2D eigenvalue weighted by Crippen LogP contribution is 2.27. The van der Waals surface area contributed by atoms with Crippen LogP contribution in [0, 0.1) is 0 Å². The standard InChI is InChI=1S/C18H19N5O3S2/c1-28(25,26)14-3-2-12-4-7-23(8-5-13(12)10-14)18(24)21-15-11-20-22-16(15)17-19-6-9-27-17/h2-3,6,9-11H,4-5,7-8H2,1H3,(H,20,22)(H,21,24). The minimum atomic E-state index is -3.25. The molecule has 0 bridgehead atoms. The predicted octanol–water partition coefficient (Wildman–Crippen LogP) is 2.57. The first kappa shape index (κ1) is 18.6. The van der Waals surface area contributed by atoms with Crippen LogP contribution < -0.4 is 5.32 Å². The summed E-state index contributed by atoms with van der Waals surface area (Å²) < 4.78 is 23.6. The van der Waals surface area contributed by atoms with Crippen molar-refractivity contribution in [2.45, 2.75) is 17.7 Å². The number of anilines is 1. The van der Waals surface area contributed by atoms with Gasteiger partial charge in [0.25, 0.3) is 0 Å². The van der Waals surface area contributed by atoms with Crippen LogP contribution in [0.3, 0.4) is 0 Å². The zero-order chi connectivity index (χ0) is 19.7. The van der Waals surface area contributed by atoms with E-state index in [1.807, 2.05) is 11.4 Å². The number of carbonyl (C=O) groups excluding carboxylic acids is 1. The molecule has 1 aromatic carbocycles. The van der Waals surface area contributed by atoms with Crippen molar-refractivity contribution in [2.24, 2.45) is 0 Å². The summed E-state index contributed by atoms with van der Waals surface area (Å²) in [4.78, 5) is 19.1. The molecule has 1 aliphatic heterocycles. The lowest BCUT2D eigenvalue weighted by Crippen LogP contribution is -2.36. The van der Waals surface area contributed by atoms with Gasteiger partial charge in [-0.05, 0) is 36.1 Å². The van der Waals surface area contributed by atoms with Crippen LogP contribution in [0.1, 0.15) is 11.1 Å². The van der Waals surface area contributed by atoms with Gasteiger partial charge in [-0.2, -0.15) is 5.10 Å². The maximum atomic E-state index is 12.8. The summed E-state index contributed by atoms with van der Waals surface area (Å²) in [6, 6.07) is 5.00. The smallest absolute Gasteiger partial charge is 0.321 e. The molecule has 8 nitrogen and oxygen atoms in total. The number of hydrogen-bond donors (Lipinski definition) is 2. The van der Waals surface area contributed by atoms with E-state index in [1.54, 1.807) is 29.4 Å². The highest BCUT2D eigenvalue weighted by atomic mass is 32.2. The van der Waals surface area contributed by atoms with Crippen molar-refractivity contribution in [3.8, 4) is 10.7 Å². The number of fused-ring (bicyclic) bond motifs is 1. The summed E-state index contributed by atoms with van der Waals surface area (Å²) in [6.07, 6.45) is 5.76. The number of hydrogen-bond acceptors (Lipinski definition) is 6. The summed E-state index contributed by atoms with van der Waals surface area (Å²) in [5, 5.41) is 12.4. The lowest BCUT2D eigenvalue weighted by atomic mass is 10.0. The van der Waals surface area contributed by atoms with Gasteiger partial charge in [-0.3, -0.25) is 5.10 Å². The van der Waals surface area contributed by atoms with Gasteiger partial charge < -0.3 is 10.2 Å². The first-order valence-electron chi connectivity index (χ1n) is 8.73. The normalized spacial score (nSPS) is 14.4. The topological polar surface area (TPSA) is 108 Å². The summed E-state index contributed by atoms with van der Waals surface area (Å²) in [5.41, 5.74) is 3.32. The molecule has 3 heterocycles. The Bertz CT molecular complexity index is 1110. The summed E-state index contributed by atoms with van der Waals surface area (Å²) in [7, 11) is -3.25. The SMILES string of the molecule is CS(=O)(=O)c1ccc2c(c1)CCN(C(=O)Nc1cn[nH]c1-c1nccs1)CC2. The van der Waals surface area contributed by atoms with Crippen molar-refractivity contribution in [2.75, 3.05) is 24.7 Å².